The minimum atomic E-state index is 0.135. The maximum Gasteiger partial charge on any atom is 0.0831 e. The molecule has 2 heteroatoms. The zero-order valence-electron chi connectivity index (χ0n) is 13.5. The van der Waals surface area contributed by atoms with Crippen LogP contribution in [0.5, 0.6) is 0 Å². The van der Waals surface area contributed by atoms with E-state index in [-0.39, 0.29) is 5.60 Å². The van der Waals surface area contributed by atoms with Gasteiger partial charge in [0.1, 0.15) is 0 Å². The lowest BCUT2D eigenvalue weighted by Gasteiger charge is -2.44. The smallest absolute Gasteiger partial charge is 0.0831 e. The average Bonchev–Trinajstić information content (AvgIpc) is 3.10. The van der Waals surface area contributed by atoms with E-state index in [9.17, 15) is 0 Å². The molecule has 0 spiro atoms. The number of fused-ring (bicyclic) bond motifs is 2. The number of hydrogen-bond acceptors (Lipinski definition) is 2. The Morgan fingerprint density at radius 2 is 1.95 bits per heavy atom. The van der Waals surface area contributed by atoms with Gasteiger partial charge in [-0.2, -0.15) is 0 Å². The van der Waals surface area contributed by atoms with Crippen LogP contribution in [0.15, 0.2) is 0 Å². The maximum atomic E-state index is 6.12. The van der Waals surface area contributed by atoms with Crippen molar-refractivity contribution in [1.29, 1.82) is 0 Å². The Morgan fingerprint density at radius 1 is 1.15 bits per heavy atom. The van der Waals surface area contributed by atoms with Crippen molar-refractivity contribution in [1.82, 2.24) is 5.32 Å². The Hall–Kier alpha value is -0.0800. The Morgan fingerprint density at radius 3 is 2.50 bits per heavy atom. The van der Waals surface area contributed by atoms with Crippen LogP contribution in [-0.2, 0) is 4.74 Å². The molecule has 116 valence electrons. The first-order chi connectivity index (χ1) is 9.77. The standard InChI is InChI=1S/C18H33NO/c1-3-19-17(18(20-2)9-5-4-6-10-18)13-16-12-14-7-8-15(16)11-14/h14-17,19H,3-13H2,1-2H3. The number of ether oxygens (including phenoxy) is 1. The van der Waals surface area contributed by atoms with Crippen molar-refractivity contribution < 1.29 is 4.74 Å². The molecule has 0 aromatic rings. The molecule has 0 aliphatic heterocycles. The molecule has 0 aromatic heterocycles. The quantitative estimate of drug-likeness (QED) is 0.789. The van der Waals surface area contributed by atoms with Gasteiger partial charge in [0.25, 0.3) is 0 Å². The molecule has 3 fully saturated rings. The van der Waals surface area contributed by atoms with Crippen molar-refractivity contribution in [3.63, 3.8) is 0 Å². The summed E-state index contributed by atoms with van der Waals surface area (Å²) in [5.74, 6) is 3.09. The highest BCUT2D eigenvalue weighted by Gasteiger charge is 2.45. The summed E-state index contributed by atoms with van der Waals surface area (Å²) in [6.07, 6.45) is 14.1. The second kappa shape index (κ2) is 6.36. The lowest BCUT2D eigenvalue weighted by Crippen LogP contribution is -2.54. The summed E-state index contributed by atoms with van der Waals surface area (Å²) in [4.78, 5) is 0. The molecule has 0 radical (unpaired) electrons. The van der Waals surface area contributed by atoms with Crippen LogP contribution >= 0.6 is 0 Å². The number of likely N-dealkylation sites (N-methyl/N-ethyl adjacent to an activating group) is 1. The van der Waals surface area contributed by atoms with E-state index < -0.39 is 0 Å². The van der Waals surface area contributed by atoms with Crippen molar-refractivity contribution >= 4 is 0 Å². The Labute approximate surface area is 125 Å². The van der Waals surface area contributed by atoms with Crippen molar-refractivity contribution in [3.05, 3.63) is 0 Å². The van der Waals surface area contributed by atoms with E-state index in [1.54, 1.807) is 0 Å². The predicted octanol–water partition coefficient (Wildman–Crippen LogP) is 4.14. The number of hydrogen-bond donors (Lipinski definition) is 1. The summed E-state index contributed by atoms with van der Waals surface area (Å²) in [5, 5.41) is 3.81. The van der Waals surface area contributed by atoms with E-state index >= 15 is 0 Å². The van der Waals surface area contributed by atoms with Gasteiger partial charge in [-0.1, -0.05) is 32.6 Å². The summed E-state index contributed by atoms with van der Waals surface area (Å²) < 4.78 is 6.12. The molecule has 2 nitrogen and oxygen atoms in total. The van der Waals surface area contributed by atoms with Gasteiger partial charge in [-0.25, -0.2) is 0 Å². The largest absolute Gasteiger partial charge is 0.377 e. The summed E-state index contributed by atoms with van der Waals surface area (Å²) in [6.45, 7) is 3.33. The van der Waals surface area contributed by atoms with Gasteiger partial charge < -0.3 is 10.1 Å². The van der Waals surface area contributed by atoms with Crippen molar-refractivity contribution in [2.24, 2.45) is 17.8 Å². The van der Waals surface area contributed by atoms with E-state index in [0.29, 0.717) is 6.04 Å². The highest BCUT2D eigenvalue weighted by molar-refractivity contribution is 4.99. The molecule has 4 unspecified atom stereocenters. The van der Waals surface area contributed by atoms with Gasteiger partial charge >= 0.3 is 0 Å². The maximum absolute atomic E-state index is 6.12. The van der Waals surface area contributed by atoms with Crippen LogP contribution in [0.2, 0.25) is 0 Å². The summed E-state index contributed by atoms with van der Waals surface area (Å²) in [6, 6.07) is 0.585. The van der Waals surface area contributed by atoms with Gasteiger partial charge in [0, 0.05) is 13.2 Å². The fourth-order valence-electron chi connectivity index (χ4n) is 5.54. The number of rotatable bonds is 6. The summed E-state index contributed by atoms with van der Waals surface area (Å²) in [5.41, 5.74) is 0.135. The molecule has 4 atom stereocenters. The monoisotopic (exact) mass is 279 g/mol. The number of methoxy groups -OCH3 is 1. The first kappa shape index (κ1) is 14.8. The lowest BCUT2D eigenvalue weighted by molar-refractivity contribution is -0.0736. The van der Waals surface area contributed by atoms with E-state index in [4.69, 9.17) is 4.74 Å². The molecular weight excluding hydrogens is 246 g/mol. The van der Waals surface area contributed by atoms with Gasteiger partial charge in [-0.05, 0) is 62.8 Å². The van der Waals surface area contributed by atoms with E-state index in [1.165, 1.54) is 64.2 Å². The molecule has 0 aromatic carbocycles. The van der Waals surface area contributed by atoms with Crippen molar-refractivity contribution in [2.75, 3.05) is 13.7 Å². The molecule has 0 saturated heterocycles. The third kappa shape index (κ3) is 2.78. The second-order valence-corrected chi connectivity index (χ2v) is 7.61. The predicted molar refractivity (Wildman–Crippen MR) is 83.8 cm³/mol. The first-order valence-corrected chi connectivity index (χ1v) is 9.06. The third-order valence-corrected chi connectivity index (χ3v) is 6.62. The molecule has 3 aliphatic carbocycles. The Kier molecular flexibility index (Phi) is 4.72. The third-order valence-electron chi connectivity index (χ3n) is 6.62. The highest BCUT2D eigenvalue weighted by Crippen LogP contribution is 2.51. The molecule has 20 heavy (non-hydrogen) atoms. The zero-order chi connectivity index (χ0) is 14.0. The SMILES string of the molecule is CCNC(CC1CC2CCC1C2)C1(OC)CCCCC1. The van der Waals surface area contributed by atoms with Gasteiger partial charge in [0.05, 0.1) is 5.60 Å². The van der Waals surface area contributed by atoms with E-state index in [0.717, 1.165) is 24.3 Å². The molecule has 2 bridgehead atoms. The molecule has 3 saturated carbocycles. The molecular formula is C18H33NO. The molecule has 3 rings (SSSR count). The molecule has 0 amide bonds. The Balaban J connectivity index is 1.67. The average molecular weight is 279 g/mol. The van der Waals surface area contributed by atoms with Crippen LogP contribution in [0.25, 0.3) is 0 Å². The summed E-state index contributed by atoms with van der Waals surface area (Å²) >= 11 is 0. The van der Waals surface area contributed by atoms with Gasteiger partial charge in [-0.3, -0.25) is 0 Å². The molecule has 1 N–H and O–H groups in total. The van der Waals surface area contributed by atoms with Crippen LogP contribution < -0.4 is 5.32 Å². The number of nitrogens with one attached hydrogen (secondary N) is 1. The first-order valence-electron chi connectivity index (χ1n) is 9.06. The fraction of sp³-hybridized carbons (Fsp3) is 1.00. The zero-order valence-corrected chi connectivity index (χ0v) is 13.5. The van der Waals surface area contributed by atoms with Gasteiger partial charge in [-0.15, -0.1) is 0 Å². The van der Waals surface area contributed by atoms with Crippen LogP contribution in [0, 0.1) is 17.8 Å². The lowest BCUT2D eigenvalue weighted by atomic mass is 9.73. The minimum Gasteiger partial charge on any atom is -0.377 e. The summed E-state index contributed by atoms with van der Waals surface area (Å²) in [7, 11) is 1.95. The van der Waals surface area contributed by atoms with Gasteiger partial charge in [0.15, 0.2) is 0 Å². The minimum absolute atomic E-state index is 0.135. The second-order valence-electron chi connectivity index (χ2n) is 7.61. The molecule has 3 aliphatic rings. The Bertz CT molecular complexity index is 311. The normalized spacial score (nSPS) is 37.2. The van der Waals surface area contributed by atoms with Crippen LogP contribution in [0.4, 0.5) is 0 Å². The van der Waals surface area contributed by atoms with Gasteiger partial charge in [0.2, 0.25) is 0 Å². The highest BCUT2D eigenvalue weighted by atomic mass is 16.5. The van der Waals surface area contributed by atoms with Crippen LogP contribution in [-0.4, -0.2) is 25.3 Å². The van der Waals surface area contributed by atoms with Crippen LogP contribution in [0.3, 0.4) is 0 Å². The van der Waals surface area contributed by atoms with E-state index in [2.05, 4.69) is 12.2 Å². The van der Waals surface area contributed by atoms with Crippen LogP contribution in [0.1, 0.15) is 71.1 Å². The van der Waals surface area contributed by atoms with Crippen molar-refractivity contribution in [3.8, 4) is 0 Å². The van der Waals surface area contributed by atoms with E-state index in [1.807, 2.05) is 7.11 Å². The fourth-order valence-corrected chi connectivity index (χ4v) is 5.54. The topological polar surface area (TPSA) is 21.3 Å². The van der Waals surface area contributed by atoms with Crippen molar-refractivity contribution in [2.45, 2.75) is 82.8 Å². The molecule has 0 heterocycles.